The lowest BCUT2D eigenvalue weighted by atomic mass is 9.91. The van der Waals surface area contributed by atoms with E-state index in [1.165, 1.54) is 0 Å². The normalized spacial score (nSPS) is 21.0. The van der Waals surface area contributed by atoms with Crippen LogP contribution in [-0.2, 0) is 41.7 Å². The van der Waals surface area contributed by atoms with Crippen molar-refractivity contribution in [2.75, 3.05) is 13.7 Å². The average molecular weight is 611 g/mol. The number of ether oxygens (including phenoxy) is 6. The molecule has 4 aromatic carbocycles. The Labute approximate surface area is 261 Å². The summed E-state index contributed by atoms with van der Waals surface area (Å²) >= 11 is 0. The van der Waals surface area contributed by atoms with Crippen LogP contribution >= 0.6 is 0 Å². The van der Waals surface area contributed by atoms with Gasteiger partial charge in [-0.05, 0) is 47.5 Å². The molecule has 0 unspecified atom stereocenters. The van der Waals surface area contributed by atoms with Crippen LogP contribution in [-0.4, -0.2) is 56.5 Å². The van der Waals surface area contributed by atoms with Gasteiger partial charge in [-0.1, -0.05) is 78.9 Å². The summed E-state index contributed by atoms with van der Waals surface area (Å²) in [7, 11) is 1.58. The van der Waals surface area contributed by atoms with Crippen molar-refractivity contribution in [1.29, 1.82) is 0 Å². The fraction of sp³-hybridized carbons (Fsp3) is 0.250. The topological polar surface area (TPSA) is 107 Å². The van der Waals surface area contributed by atoms with Gasteiger partial charge < -0.3 is 33.2 Å². The number of methoxy groups -OCH3 is 1. The van der Waals surface area contributed by atoms with E-state index in [-0.39, 0.29) is 19.8 Å². The molecule has 4 aromatic rings. The molecule has 45 heavy (non-hydrogen) atoms. The molecule has 1 aliphatic heterocycles. The lowest BCUT2D eigenvalue weighted by molar-refractivity contribution is -0.287. The highest BCUT2D eigenvalue weighted by molar-refractivity contribution is 5.90. The van der Waals surface area contributed by atoms with E-state index in [1.54, 1.807) is 79.9 Å². The molecule has 0 N–H and O–H groups in total. The molecule has 9 heteroatoms. The van der Waals surface area contributed by atoms with E-state index in [1.807, 2.05) is 42.5 Å². The largest absolute Gasteiger partial charge is 0.497 e. The molecule has 0 spiro atoms. The van der Waals surface area contributed by atoms with Crippen molar-refractivity contribution < 1.29 is 42.8 Å². The summed E-state index contributed by atoms with van der Waals surface area (Å²) in [6.07, 6.45) is -3.56. The molecule has 0 bridgehead atoms. The van der Waals surface area contributed by atoms with Crippen molar-refractivity contribution in [2.45, 2.75) is 37.8 Å². The number of aldehydes is 1. The zero-order chi connectivity index (χ0) is 31.4. The fourth-order valence-electron chi connectivity index (χ4n) is 4.95. The van der Waals surface area contributed by atoms with Gasteiger partial charge in [0.1, 0.15) is 30.9 Å². The van der Waals surface area contributed by atoms with Gasteiger partial charge in [-0.3, -0.25) is 0 Å². The highest BCUT2D eigenvalue weighted by Crippen LogP contribution is 2.33. The van der Waals surface area contributed by atoms with E-state index < -0.39 is 42.5 Å². The van der Waals surface area contributed by atoms with Crippen LogP contribution in [0.15, 0.2) is 115 Å². The Morgan fingerprint density at radius 3 is 1.84 bits per heavy atom. The van der Waals surface area contributed by atoms with Crippen LogP contribution in [0.1, 0.15) is 31.8 Å². The second kappa shape index (κ2) is 15.8. The summed E-state index contributed by atoms with van der Waals surface area (Å²) in [5.74, 6) is -1.51. The van der Waals surface area contributed by atoms with Crippen LogP contribution < -0.4 is 4.74 Å². The Hall–Kier alpha value is -4.83. The Balaban J connectivity index is 1.43. The summed E-state index contributed by atoms with van der Waals surface area (Å²) in [6.45, 7) is -0.0635. The van der Waals surface area contributed by atoms with Crippen LogP contribution in [0, 0.1) is 5.92 Å². The van der Waals surface area contributed by atoms with E-state index in [2.05, 4.69) is 0 Å². The minimum atomic E-state index is -1.12. The monoisotopic (exact) mass is 610 g/mol. The molecule has 1 saturated heterocycles. The van der Waals surface area contributed by atoms with Gasteiger partial charge >= 0.3 is 11.9 Å². The second-order valence-corrected chi connectivity index (χ2v) is 10.4. The molecule has 9 nitrogen and oxygen atoms in total. The summed E-state index contributed by atoms with van der Waals surface area (Å²) in [4.78, 5) is 38.9. The van der Waals surface area contributed by atoms with Crippen LogP contribution in [0.2, 0.25) is 0 Å². The van der Waals surface area contributed by atoms with E-state index in [0.717, 1.165) is 11.1 Å². The van der Waals surface area contributed by atoms with E-state index >= 15 is 0 Å². The Morgan fingerprint density at radius 1 is 0.689 bits per heavy atom. The van der Waals surface area contributed by atoms with Crippen LogP contribution in [0.4, 0.5) is 0 Å². The number of carbonyl (C=O) groups is 3. The minimum absolute atomic E-state index is 0.107. The van der Waals surface area contributed by atoms with E-state index in [9.17, 15) is 14.4 Å². The third-order valence-electron chi connectivity index (χ3n) is 7.35. The molecule has 1 aliphatic rings. The predicted octanol–water partition coefficient (Wildman–Crippen LogP) is 5.42. The molecule has 0 aliphatic carbocycles. The first-order valence-electron chi connectivity index (χ1n) is 14.5. The van der Waals surface area contributed by atoms with Crippen LogP contribution in [0.5, 0.6) is 5.75 Å². The van der Waals surface area contributed by atoms with Crippen molar-refractivity contribution in [3.8, 4) is 5.75 Å². The van der Waals surface area contributed by atoms with E-state index in [4.69, 9.17) is 28.4 Å². The second-order valence-electron chi connectivity index (χ2n) is 10.4. The van der Waals surface area contributed by atoms with Gasteiger partial charge in [0.15, 0.2) is 12.4 Å². The Bertz CT molecular complexity index is 1510. The predicted molar refractivity (Wildman–Crippen MR) is 163 cm³/mol. The first-order chi connectivity index (χ1) is 22.1. The van der Waals surface area contributed by atoms with Crippen molar-refractivity contribution in [1.82, 2.24) is 0 Å². The first kappa shape index (κ1) is 31.6. The van der Waals surface area contributed by atoms with Gasteiger partial charge in [0.25, 0.3) is 0 Å². The summed E-state index contributed by atoms with van der Waals surface area (Å²) in [5.41, 5.74) is 2.32. The zero-order valence-corrected chi connectivity index (χ0v) is 24.7. The number of hydrogen-bond donors (Lipinski definition) is 0. The van der Waals surface area contributed by atoms with Crippen LogP contribution in [0.25, 0.3) is 0 Å². The molecular formula is C36H34O9. The quantitative estimate of drug-likeness (QED) is 0.145. The summed E-state index contributed by atoms with van der Waals surface area (Å²) in [5, 5.41) is 0. The van der Waals surface area contributed by atoms with Gasteiger partial charge in [-0.25, -0.2) is 9.59 Å². The zero-order valence-electron chi connectivity index (χ0n) is 24.7. The van der Waals surface area contributed by atoms with Gasteiger partial charge in [0, 0.05) is 0 Å². The standard InChI is InChI=1S/C36H34O9/c1-40-29-19-17-26(18-20-29)23-43-36-30(21-37)32(41-22-25-11-5-2-6-12-25)33(45-35(39)28-15-9-4-10-16-28)31(44-36)24-42-34(38)27-13-7-3-8-14-27/h2-21,30-33,36H,22-24H2,1H3/t30-,31+,32+,33+,36-/m0/s1. The Morgan fingerprint density at radius 2 is 1.24 bits per heavy atom. The lowest BCUT2D eigenvalue weighted by Crippen LogP contribution is -2.59. The summed E-state index contributed by atoms with van der Waals surface area (Å²) in [6, 6.07) is 33.6. The molecule has 0 saturated carbocycles. The Kier molecular flexibility index (Phi) is 11.1. The number of rotatable bonds is 13. The smallest absolute Gasteiger partial charge is 0.338 e. The number of hydrogen-bond acceptors (Lipinski definition) is 9. The molecule has 0 amide bonds. The number of esters is 2. The maximum Gasteiger partial charge on any atom is 0.338 e. The first-order valence-corrected chi connectivity index (χ1v) is 14.5. The maximum atomic E-state index is 13.3. The number of carbonyl (C=O) groups excluding carboxylic acids is 3. The summed E-state index contributed by atoms with van der Waals surface area (Å²) < 4.78 is 35.6. The van der Waals surface area contributed by atoms with E-state index in [0.29, 0.717) is 23.2 Å². The molecular weight excluding hydrogens is 576 g/mol. The maximum absolute atomic E-state index is 13.3. The molecule has 5 atom stereocenters. The molecule has 1 heterocycles. The van der Waals surface area contributed by atoms with Gasteiger partial charge in [-0.15, -0.1) is 0 Å². The minimum Gasteiger partial charge on any atom is -0.497 e. The van der Waals surface area contributed by atoms with Crippen molar-refractivity contribution in [3.63, 3.8) is 0 Å². The average Bonchev–Trinajstić information content (AvgIpc) is 3.10. The van der Waals surface area contributed by atoms with Crippen LogP contribution in [0.3, 0.4) is 0 Å². The molecule has 0 radical (unpaired) electrons. The highest BCUT2D eigenvalue weighted by Gasteiger charge is 2.50. The molecule has 232 valence electrons. The van der Waals surface area contributed by atoms with Gasteiger partial charge in [-0.2, -0.15) is 0 Å². The molecule has 1 fully saturated rings. The number of benzene rings is 4. The SMILES string of the molecule is COc1ccc(CO[C@H]2O[C@H](COC(=O)c3ccccc3)[C@@H](OC(=O)c3ccccc3)[C@H](OCc3ccccc3)[C@@H]2C=O)cc1. The van der Waals surface area contributed by atoms with Crippen molar-refractivity contribution in [2.24, 2.45) is 5.92 Å². The third kappa shape index (κ3) is 8.42. The fourth-order valence-corrected chi connectivity index (χ4v) is 4.95. The molecule has 5 rings (SSSR count). The third-order valence-corrected chi connectivity index (χ3v) is 7.35. The van der Waals surface area contributed by atoms with Gasteiger partial charge in [0.05, 0.1) is 37.4 Å². The molecule has 0 aromatic heterocycles. The lowest BCUT2D eigenvalue weighted by Gasteiger charge is -2.43. The van der Waals surface area contributed by atoms with Gasteiger partial charge in [0.2, 0.25) is 0 Å². The highest BCUT2D eigenvalue weighted by atomic mass is 16.7. The van der Waals surface area contributed by atoms with Crippen molar-refractivity contribution >= 4 is 18.2 Å². The van der Waals surface area contributed by atoms with Crippen molar-refractivity contribution in [3.05, 3.63) is 138 Å².